The molecule has 0 atom stereocenters. The largest absolute Gasteiger partial charge is 0.363 e. The van der Waals surface area contributed by atoms with Crippen LogP contribution in [0.1, 0.15) is 15.3 Å². The highest BCUT2D eigenvalue weighted by Crippen LogP contribution is 2.23. The van der Waals surface area contributed by atoms with Crippen molar-refractivity contribution in [1.29, 1.82) is 0 Å². The maximum atomic E-state index is 4.44. The third kappa shape index (κ3) is 2.32. The SMILES string of the molecule is CNc1nc(NCc2cc(C)c(C)s2)c2[nH]cnc2n1. The molecule has 0 aliphatic heterocycles. The number of H-pyrrole nitrogens is 1. The molecule has 3 aromatic rings. The van der Waals surface area contributed by atoms with Gasteiger partial charge in [0.15, 0.2) is 11.5 Å². The first-order valence-electron chi connectivity index (χ1n) is 6.36. The fraction of sp³-hybridized carbons (Fsp3) is 0.308. The average Bonchev–Trinajstić information content (AvgIpc) is 3.03. The Morgan fingerprint density at radius 2 is 2.15 bits per heavy atom. The summed E-state index contributed by atoms with van der Waals surface area (Å²) in [6, 6.07) is 2.21. The summed E-state index contributed by atoms with van der Waals surface area (Å²) in [6.07, 6.45) is 1.63. The van der Waals surface area contributed by atoms with Crippen molar-refractivity contribution in [3.05, 3.63) is 27.7 Å². The Kier molecular flexibility index (Phi) is 3.27. The topological polar surface area (TPSA) is 78.5 Å². The molecule has 0 aliphatic rings. The van der Waals surface area contributed by atoms with Crippen LogP contribution in [0.3, 0.4) is 0 Å². The van der Waals surface area contributed by atoms with Crippen LogP contribution in [0.4, 0.5) is 11.8 Å². The Labute approximate surface area is 120 Å². The molecular weight excluding hydrogens is 272 g/mol. The maximum absolute atomic E-state index is 4.44. The third-order valence-corrected chi connectivity index (χ3v) is 4.31. The molecule has 0 aliphatic carbocycles. The Balaban J connectivity index is 1.88. The molecule has 0 saturated heterocycles. The van der Waals surface area contributed by atoms with E-state index in [1.54, 1.807) is 24.7 Å². The fourth-order valence-electron chi connectivity index (χ4n) is 1.98. The highest BCUT2D eigenvalue weighted by Gasteiger charge is 2.09. The van der Waals surface area contributed by atoms with Gasteiger partial charge in [0.1, 0.15) is 5.52 Å². The van der Waals surface area contributed by atoms with E-state index in [2.05, 4.69) is 50.5 Å². The summed E-state index contributed by atoms with van der Waals surface area (Å²) >= 11 is 1.80. The van der Waals surface area contributed by atoms with Crippen LogP contribution >= 0.6 is 11.3 Å². The van der Waals surface area contributed by atoms with Crippen molar-refractivity contribution in [3.8, 4) is 0 Å². The van der Waals surface area contributed by atoms with E-state index in [1.807, 2.05) is 0 Å². The number of aryl methyl sites for hydroxylation is 2. The number of fused-ring (bicyclic) bond motifs is 1. The van der Waals surface area contributed by atoms with Crippen molar-refractivity contribution in [3.63, 3.8) is 0 Å². The Morgan fingerprint density at radius 3 is 2.85 bits per heavy atom. The summed E-state index contributed by atoms with van der Waals surface area (Å²) in [6.45, 7) is 5.01. The predicted molar refractivity (Wildman–Crippen MR) is 82.4 cm³/mol. The lowest BCUT2D eigenvalue weighted by Gasteiger charge is -2.06. The first-order chi connectivity index (χ1) is 9.67. The van der Waals surface area contributed by atoms with Gasteiger partial charge in [-0.1, -0.05) is 0 Å². The Morgan fingerprint density at radius 1 is 1.30 bits per heavy atom. The third-order valence-electron chi connectivity index (χ3n) is 3.16. The lowest BCUT2D eigenvalue weighted by Crippen LogP contribution is -2.04. The predicted octanol–water partition coefficient (Wildman–Crippen LogP) is 2.69. The molecule has 7 heteroatoms. The summed E-state index contributed by atoms with van der Waals surface area (Å²) in [4.78, 5) is 18.6. The van der Waals surface area contributed by atoms with Gasteiger partial charge in [-0.05, 0) is 25.5 Å². The highest BCUT2D eigenvalue weighted by atomic mass is 32.1. The van der Waals surface area contributed by atoms with Crippen LogP contribution in [0.5, 0.6) is 0 Å². The lowest BCUT2D eigenvalue weighted by molar-refractivity contribution is 1.11. The molecule has 20 heavy (non-hydrogen) atoms. The summed E-state index contributed by atoms with van der Waals surface area (Å²) in [7, 11) is 1.80. The highest BCUT2D eigenvalue weighted by molar-refractivity contribution is 7.12. The number of nitrogens with one attached hydrogen (secondary N) is 3. The van der Waals surface area contributed by atoms with Crippen molar-refractivity contribution in [1.82, 2.24) is 19.9 Å². The number of imidazole rings is 1. The summed E-state index contributed by atoms with van der Waals surface area (Å²) in [5.41, 5.74) is 2.82. The van der Waals surface area contributed by atoms with Gasteiger partial charge in [-0.15, -0.1) is 11.3 Å². The second-order valence-corrected chi connectivity index (χ2v) is 5.89. The Hall–Kier alpha value is -2.15. The van der Waals surface area contributed by atoms with Gasteiger partial charge in [-0.2, -0.15) is 9.97 Å². The molecule has 3 heterocycles. The van der Waals surface area contributed by atoms with Gasteiger partial charge < -0.3 is 15.6 Å². The quantitative estimate of drug-likeness (QED) is 0.688. The smallest absolute Gasteiger partial charge is 0.226 e. The minimum absolute atomic E-state index is 0.561. The summed E-state index contributed by atoms with van der Waals surface area (Å²) in [5, 5.41) is 6.30. The molecular formula is C13H16N6S. The van der Waals surface area contributed by atoms with Crippen molar-refractivity contribution in [2.45, 2.75) is 20.4 Å². The number of thiophene rings is 1. The van der Waals surface area contributed by atoms with E-state index in [1.165, 1.54) is 15.3 Å². The monoisotopic (exact) mass is 288 g/mol. The van der Waals surface area contributed by atoms with Gasteiger partial charge in [0.25, 0.3) is 0 Å². The zero-order valence-corrected chi connectivity index (χ0v) is 12.4. The van der Waals surface area contributed by atoms with Crippen LogP contribution in [-0.4, -0.2) is 27.0 Å². The zero-order valence-electron chi connectivity index (χ0n) is 11.6. The van der Waals surface area contributed by atoms with E-state index in [4.69, 9.17) is 0 Å². The van der Waals surface area contributed by atoms with Crippen molar-refractivity contribution < 1.29 is 0 Å². The van der Waals surface area contributed by atoms with Crippen molar-refractivity contribution in [2.24, 2.45) is 0 Å². The number of hydrogen-bond acceptors (Lipinski definition) is 6. The Bertz CT molecular complexity index is 725. The molecule has 0 aromatic carbocycles. The average molecular weight is 288 g/mol. The van der Waals surface area contributed by atoms with E-state index in [0.29, 0.717) is 11.6 Å². The van der Waals surface area contributed by atoms with Crippen LogP contribution in [0, 0.1) is 13.8 Å². The van der Waals surface area contributed by atoms with Crippen molar-refractivity contribution >= 4 is 34.3 Å². The van der Waals surface area contributed by atoms with Gasteiger partial charge in [0.05, 0.1) is 12.9 Å². The molecule has 6 nitrogen and oxygen atoms in total. The van der Waals surface area contributed by atoms with E-state index < -0.39 is 0 Å². The second-order valence-electron chi connectivity index (χ2n) is 4.55. The molecule has 104 valence electrons. The van der Waals surface area contributed by atoms with Crippen LogP contribution in [0.25, 0.3) is 11.2 Å². The minimum Gasteiger partial charge on any atom is -0.363 e. The molecule has 0 fully saturated rings. The molecule has 0 bridgehead atoms. The molecule has 0 saturated carbocycles. The van der Waals surface area contributed by atoms with Gasteiger partial charge in [-0.25, -0.2) is 4.98 Å². The molecule has 0 radical (unpaired) electrons. The molecule has 0 amide bonds. The zero-order chi connectivity index (χ0) is 14.1. The number of aromatic nitrogens is 4. The van der Waals surface area contributed by atoms with Crippen LogP contribution in [0.15, 0.2) is 12.4 Å². The van der Waals surface area contributed by atoms with E-state index in [9.17, 15) is 0 Å². The van der Waals surface area contributed by atoms with E-state index in [0.717, 1.165) is 17.9 Å². The number of rotatable bonds is 4. The number of aromatic amines is 1. The lowest BCUT2D eigenvalue weighted by atomic mass is 10.3. The van der Waals surface area contributed by atoms with Gasteiger partial charge in [-0.3, -0.25) is 0 Å². The fourth-order valence-corrected chi connectivity index (χ4v) is 2.97. The molecule has 3 aromatic heterocycles. The van der Waals surface area contributed by atoms with Crippen LogP contribution in [0.2, 0.25) is 0 Å². The van der Waals surface area contributed by atoms with E-state index >= 15 is 0 Å². The van der Waals surface area contributed by atoms with Gasteiger partial charge in [0.2, 0.25) is 5.95 Å². The first kappa shape index (κ1) is 12.9. The molecule has 0 spiro atoms. The maximum Gasteiger partial charge on any atom is 0.226 e. The number of anilines is 2. The van der Waals surface area contributed by atoms with Gasteiger partial charge >= 0.3 is 0 Å². The normalized spacial score (nSPS) is 10.9. The standard InChI is InChI=1S/C13H16N6S/c1-7-4-9(20-8(7)2)5-15-11-10-12(17-6-16-10)19-13(14-3)18-11/h4,6H,5H2,1-3H3,(H3,14,15,16,17,18,19). The molecule has 0 unspecified atom stereocenters. The first-order valence-corrected chi connectivity index (χ1v) is 7.17. The molecule has 3 N–H and O–H groups in total. The summed E-state index contributed by atoms with van der Waals surface area (Å²) in [5.74, 6) is 1.33. The number of nitrogens with zero attached hydrogens (tertiary/aromatic N) is 3. The second kappa shape index (κ2) is 5.09. The summed E-state index contributed by atoms with van der Waals surface area (Å²) < 4.78 is 0. The van der Waals surface area contributed by atoms with Crippen molar-refractivity contribution in [2.75, 3.05) is 17.7 Å². The minimum atomic E-state index is 0.561. The van der Waals surface area contributed by atoms with E-state index in [-0.39, 0.29) is 0 Å². The molecule has 3 rings (SSSR count). The van der Waals surface area contributed by atoms with Crippen LogP contribution in [-0.2, 0) is 6.54 Å². The number of hydrogen-bond donors (Lipinski definition) is 3. The van der Waals surface area contributed by atoms with Gasteiger partial charge in [0, 0.05) is 16.8 Å². The van der Waals surface area contributed by atoms with Crippen LogP contribution < -0.4 is 10.6 Å².